The fourth-order valence-electron chi connectivity index (χ4n) is 6.33. The number of aliphatic carboxylic acids is 1. The lowest BCUT2D eigenvalue weighted by atomic mass is 9.93. The minimum Gasteiger partial charge on any atom is -0.480 e. The zero-order valence-electron chi connectivity index (χ0n) is 27.8. The molecule has 1 aliphatic rings. The number of hydrogen-bond acceptors (Lipinski definition) is 5. The lowest BCUT2D eigenvalue weighted by Crippen LogP contribution is -2.49. The van der Waals surface area contributed by atoms with Crippen LogP contribution in [-0.4, -0.2) is 51.3 Å². The smallest absolute Gasteiger partial charge is 0.408 e. The third kappa shape index (κ3) is 7.22. The molecule has 2 N–H and O–H groups in total. The first kappa shape index (κ1) is 36.1. The number of carboxylic acid groups (broad SMARTS) is 1. The average Bonchev–Trinajstić information content (AvgIpc) is 3.04. The summed E-state index contributed by atoms with van der Waals surface area (Å²) in [5.74, 6) is -3.41. The first-order chi connectivity index (χ1) is 22.7. The van der Waals surface area contributed by atoms with Gasteiger partial charge in [-0.05, 0) is 81.0 Å². The Morgan fingerprint density at radius 3 is 2.42 bits per heavy atom. The molecule has 256 valence electrons. The van der Waals surface area contributed by atoms with Crippen molar-refractivity contribution in [2.45, 2.75) is 78.6 Å². The van der Waals surface area contributed by atoms with Crippen LogP contribution in [0.5, 0.6) is 0 Å². The van der Waals surface area contributed by atoms with Crippen molar-refractivity contribution in [3.05, 3.63) is 92.8 Å². The van der Waals surface area contributed by atoms with Gasteiger partial charge in [-0.25, -0.2) is 9.18 Å². The lowest BCUT2D eigenvalue weighted by molar-refractivity contribution is -0.152. The van der Waals surface area contributed by atoms with Crippen LogP contribution in [0.15, 0.2) is 53.5 Å². The Bertz CT molecular complexity index is 1880. The highest BCUT2D eigenvalue weighted by molar-refractivity contribution is 5.99. The van der Waals surface area contributed by atoms with Crippen LogP contribution in [0.1, 0.15) is 65.9 Å². The van der Waals surface area contributed by atoms with Crippen LogP contribution in [0.2, 0.25) is 0 Å². The molecule has 0 aliphatic carbocycles. The number of carbonyl (C=O) groups is 2. The van der Waals surface area contributed by atoms with E-state index in [0.717, 1.165) is 22.2 Å². The first-order valence-electron chi connectivity index (χ1n) is 15.9. The molecule has 12 heteroatoms. The summed E-state index contributed by atoms with van der Waals surface area (Å²) >= 11 is 0. The van der Waals surface area contributed by atoms with E-state index < -0.39 is 41.5 Å². The number of piperidine rings is 1. The molecule has 1 amide bonds. The van der Waals surface area contributed by atoms with Gasteiger partial charge in [-0.2, -0.15) is 13.2 Å². The van der Waals surface area contributed by atoms with Crippen molar-refractivity contribution < 1.29 is 32.3 Å². The monoisotopic (exact) mass is 668 g/mol. The van der Waals surface area contributed by atoms with Crippen molar-refractivity contribution >= 4 is 28.5 Å². The Labute approximate surface area is 276 Å². The summed E-state index contributed by atoms with van der Waals surface area (Å²) < 4.78 is 58.0. The molecule has 2 aromatic carbocycles. The Hall–Kier alpha value is -4.74. The van der Waals surface area contributed by atoms with Crippen molar-refractivity contribution in [1.29, 1.82) is 0 Å². The number of anilines is 1. The minimum atomic E-state index is -4.50. The van der Waals surface area contributed by atoms with Crippen molar-refractivity contribution in [2.75, 3.05) is 11.4 Å². The second kappa shape index (κ2) is 14.6. The number of nitrogens with one attached hydrogen (secondary N) is 1. The molecular weight excluding hydrogens is 628 g/mol. The van der Waals surface area contributed by atoms with Crippen molar-refractivity contribution in [3.63, 3.8) is 0 Å². The molecular formula is C36H40F4N4O4. The summed E-state index contributed by atoms with van der Waals surface area (Å²) in [4.78, 5) is 44.4. The third-order valence-corrected chi connectivity index (χ3v) is 8.74. The van der Waals surface area contributed by atoms with Gasteiger partial charge in [-0.1, -0.05) is 32.0 Å². The number of carbonyl (C=O) groups excluding carboxylic acids is 1. The SMILES string of the molecule is CC.Cc1cc(N2CCCC[C@@H]2C(F)(F)F)cc(F)c1C(=O)N[C@@H](Cc1ccc(-c2c(C)cc(C)n(C)c2=O)c2ncccc12)C(=O)O. The van der Waals surface area contributed by atoms with Gasteiger partial charge in [0, 0.05) is 48.5 Å². The molecule has 0 bridgehead atoms. The standard InChI is InChI=1S/C34H34F4N4O4.C2H6/c1-18-14-20(3)41(4)32(44)28(18)24-11-10-21(23-8-7-12-39-30(23)24)16-26(33(45)46)40-31(43)29-19(2)15-22(17-25(29)35)42-13-6-5-9-27(42)34(36,37)38;1-2/h7-8,10-12,14-15,17,26-27H,5-6,9,13,16H2,1-4H3,(H,40,43)(H,45,46);1-2H3/t26-,27+;/m0./s1. The van der Waals surface area contributed by atoms with E-state index in [2.05, 4.69) is 10.3 Å². The van der Waals surface area contributed by atoms with E-state index in [1.165, 1.54) is 17.6 Å². The Morgan fingerprint density at radius 1 is 1.06 bits per heavy atom. The van der Waals surface area contributed by atoms with Crippen LogP contribution in [0.4, 0.5) is 23.2 Å². The molecule has 3 heterocycles. The van der Waals surface area contributed by atoms with Gasteiger partial charge in [0.25, 0.3) is 11.5 Å². The van der Waals surface area contributed by atoms with Gasteiger partial charge in [0.1, 0.15) is 17.9 Å². The van der Waals surface area contributed by atoms with Crippen molar-refractivity contribution in [3.8, 4) is 11.1 Å². The largest absolute Gasteiger partial charge is 0.480 e. The number of rotatable bonds is 7. The highest BCUT2D eigenvalue weighted by Gasteiger charge is 2.45. The third-order valence-electron chi connectivity index (χ3n) is 8.74. The zero-order valence-corrected chi connectivity index (χ0v) is 27.8. The molecule has 8 nitrogen and oxygen atoms in total. The summed E-state index contributed by atoms with van der Waals surface area (Å²) in [6, 6.07) is 7.67. The summed E-state index contributed by atoms with van der Waals surface area (Å²) in [5, 5.41) is 13.0. The number of aryl methyl sites for hydroxylation is 3. The normalized spacial score (nSPS) is 15.5. The molecule has 0 spiro atoms. The number of alkyl halides is 3. The molecule has 5 rings (SSSR count). The van der Waals surface area contributed by atoms with E-state index in [9.17, 15) is 32.7 Å². The van der Waals surface area contributed by atoms with Gasteiger partial charge in [0.05, 0.1) is 16.6 Å². The highest BCUT2D eigenvalue weighted by Crippen LogP contribution is 2.36. The fourth-order valence-corrected chi connectivity index (χ4v) is 6.33. The Balaban J connectivity index is 0.00000255. The van der Waals surface area contributed by atoms with E-state index in [4.69, 9.17) is 0 Å². The Morgan fingerprint density at radius 2 is 1.77 bits per heavy atom. The number of nitrogens with zero attached hydrogens (tertiary/aromatic N) is 3. The minimum absolute atomic E-state index is 0.0149. The molecule has 48 heavy (non-hydrogen) atoms. The second-order valence-electron chi connectivity index (χ2n) is 11.8. The maximum absolute atomic E-state index is 15.4. The van der Waals surface area contributed by atoms with Crippen LogP contribution in [0.3, 0.4) is 0 Å². The fraction of sp³-hybridized carbons (Fsp3) is 0.389. The number of pyridine rings is 2. The maximum atomic E-state index is 15.4. The molecule has 0 radical (unpaired) electrons. The predicted molar refractivity (Wildman–Crippen MR) is 178 cm³/mol. The molecule has 0 saturated carbocycles. The number of carboxylic acids is 1. The molecule has 1 fully saturated rings. The van der Waals surface area contributed by atoms with Gasteiger partial charge in [-0.15, -0.1) is 0 Å². The van der Waals surface area contributed by atoms with E-state index in [1.54, 1.807) is 37.5 Å². The molecule has 1 saturated heterocycles. The molecule has 2 aromatic heterocycles. The second-order valence-corrected chi connectivity index (χ2v) is 11.8. The lowest BCUT2D eigenvalue weighted by Gasteiger charge is -2.38. The van der Waals surface area contributed by atoms with Crippen LogP contribution >= 0.6 is 0 Å². The maximum Gasteiger partial charge on any atom is 0.408 e. The average molecular weight is 669 g/mol. The number of benzene rings is 2. The summed E-state index contributed by atoms with van der Waals surface area (Å²) in [5.41, 5.74) is 3.04. The van der Waals surface area contributed by atoms with Gasteiger partial charge >= 0.3 is 12.1 Å². The summed E-state index contributed by atoms with van der Waals surface area (Å²) in [6.07, 6.45) is -2.31. The summed E-state index contributed by atoms with van der Waals surface area (Å²) in [6.45, 7) is 9.16. The van der Waals surface area contributed by atoms with Crippen molar-refractivity contribution in [1.82, 2.24) is 14.9 Å². The van der Waals surface area contributed by atoms with E-state index in [0.29, 0.717) is 40.4 Å². The van der Waals surface area contributed by atoms with E-state index >= 15 is 4.39 Å². The van der Waals surface area contributed by atoms with E-state index in [-0.39, 0.29) is 36.2 Å². The number of halogens is 4. The Kier molecular flexibility index (Phi) is 11.0. The predicted octanol–water partition coefficient (Wildman–Crippen LogP) is 7.04. The van der Waals surface area contributed by atoms with Crippen LogP contribution < -0.4 is 15.8 Å². The van der Waals surface area contributed by atoms with Crippen LogP contribution in [0, 0.1) is 26.6 Å². The van der Waals surface area contributed by atoms with Crippen molar-refractivity contribution in [2.24, 2.45) is 7.05 Å². The molecule has 0 unspecified atom stereocenters. The van der Waals surface area contributed by atoms with Gasteiger partial charge in [0.15, 0.2) is 0 Å². The zero-order chi connectivity index (χ0) is 35.5. The first-order valence-corrected chi connectivity index (χ1v) is 15.9. The van der Waals surface area contributed by atoms with Gasteiger partial charge in [-0.3, -0.25) is 14.6 Å². The highest BCUT2D eigenvalue weighted by atomic mass is 19.4. The summed E-state index contributed by atoms with van der Waals surface area (Å²) in [7, 11) is 1.68. The number of fused-ring (bicyclic) bond motifs is 1. The van der Waals surface area contributed by atoms with Gasteiger partial charge < -0.3 is 19.9 Å². The quantitative estimate of drug-likeness (QED) is 0.205. The molecule has 4 aromatic rings. The van der Waals surface area contributed by atoms with Crippen LogP contribution in [0.25, 0.3) is 22.0 Å². The number of aromatic nitrogens is 2. The molecule has 1 aliphatic heterocycles. The molecule has 2 atom stereocenters. The van der Waals surface area contributed by atoms with Crippen LogP contribution in [-0.2, 0) is 18.3 Å². The number of hydrogen-bond donors (Lipinski definition) is 2. The number of amides is 1. The van der Waals surface area contributed by atoms with E-state index in [1.807, 2.05) is 33.8 Å². The van der Waals surface area contributed by atoms with Gasteiger partial charge in [0.2, 0.25) is 0 Å². The topological polar surface area (TPSA) is 105 Å².